The molecule has 0 atom stereocenters. The van der Waals surface area contributed by atoms with E-state index in [2.05, 4.69) is 15.3 Å². The molecule has 7 heteroatoms. The summed E-state index contributed by atoms with van der Waals surface area (Å²) in [5, 5.41) is 4.48. The lowest BCUT2D eigenvalue weighted by Gasteiger charge is -2.07. The number of anilines is 1. The Morgan fingerprint density at radius 2 is 2.15 bits per heavy atom. The highest BCUT2D eigenvalue weighted by Crippen LogP contribution is 2.17. The molecule has 0 aliphatic carbocycles. The van der Waals surface area contributed by atoms with E-state index in [1.54, 1.807) is 11.4 Å². The van der Waals surface area contributed by atoms with Crippen molar-refractivity contribution in [3.8, 4) is 0 Å². The minimum Gasteiger partial charge on any atom is -0.375 e. The number of hydrogen-bond donors (Lipinski definition) is 2. The molecule has 0 aliphatic rings. The number of H-pyrrole nitrogens is 1. The predicted octanol–water partition coefficient (Wildman–Crippen LogP) is 2.87. The average Bonchev–Trinajstić information content (AvgIpc) is 2.89. The SMILES string of the molecule is O=c1[nH]c(CNc2cccc(F)c2F)nc2ccsc12. The molecule has 2 heterocycles. The smallest absolute Gasteiger partial charge is 0.268 e. The molecule has 102 valence electrons. The summed E-state index contributed by atoms with van der Waals surface area (Å²) in [6.07, 6.45) is 0. The predicted molar refractivity (Wildman–Crippen MR) is 73.9 cm³/mol. The Morgan fingerprint density at radius 3 is 3.00 bits per heavy atom. The van der Waals surface area contributed by atoms with Crippen LogP contribution in [0.3, 0.4) is 0 Å². The quantitative estimate of drug-likeness (QED) is 0.780. The summed E-state index contributed by atoms with van der Waals surface area (Å²) in [5.74, 6) is -1.51. The van der Waals surface area contributed by atoms with Crippen molar-refractivity contribution in [2.45, 2.75) is 6.54 Å². The number of benzene rings is 1. The zero-order valence-electron chi connectivity index (χ0n) is 10.1. The average molecular weight is 293 g/mol. The third-order valence-corrected chi connectivity index (χ3v) is 3.66. The molecule has 0 unspecified atom stereocenters. The van der Waals surface area contributed by atoms with Gasteiger partial charge >= 0.3 is 0 Å². The van der Waals surface area contributed by atoms with Crippen molar-refractivity contribution < 1.29 is 8.78 Å². The Morgan fingerprint density at radius 1 is 1.30 bits per heavy atom. The van der Waals surface area contributed by atoms with Gasteiger partial charge in [0.15, 0.2) is 11.6 Å². The number of rotatable bonds is 3. The lowest BCUT2D eigenvalue weighted by atomic mass is 10.3. The zero-order chi connectivity index (χ0) is 14.1. The van der Waals surface area contributed by atoms with Gasteiger partial charge in [0.1, 0.15) is 10.5 Å². The first-order chi connectivity index (χ1) is 9.65. The molecule has 0 saturated carbocycles. The maximum atomic E-state index is 13.5. The van der Waals surface area contributed by atoms with Gasteiger partial charge in [-0.3, -0.25) is 4.79 Å². The molecule has 0 spiro atoms. The van der Waals surface area contributed by atoms with E-state index in [0.717, 1.165) is 6.07 Å². The van der Waals surface area contributed by atoms with Gasteiger partial charge in [0.2, 0.25) is 0 Å². The standard InChI is InChI=1S/C13H9F2N3OS/c14-7-2-1-3-8(11(7)15)16-6-10-17-9-4-5-20-12(9)13(19)18-10/h1-5,16H,6H2,(H,17,18,19). The van der Waals surface area contributed by atoms with Crippen LogP contribution in [0.15, 0.2) is 34.4 Å². The van der Waals surface area contributed by atoms with Crippen molar-refractivity contribution in [3.05, 3.63) is 57.5 Å². The van der Waals surface area contributed by atoms with Gasteiger partial charge in [-0.05, 0) is 23.6 Å². The van der Waals surface area contributed by atoms with E-state index in [1.807, 2.05) is 0 Å². The molecule has 0 amide bonds. The second-order valence-electron chi connectivity index (χ2n) is 4.10. The Hall–Kier alpha value is -2.28. The van der Waals surface area contributed by atoms with Crippen LogP contribution in [-0.4, -0.2) is 9.97 Å². The fourth-order valence-corrected chi connectivity index (χ4v) is 2.55. The Balaban J connectivity index is 1.86. The molecule has 3 rings (SSSR count). The highest BCUT2D eigenvalue weighted by atomic mass is 32.1. The van der Waals surface area contributed by atoms with Crippen molar-refractivity contribution in [2.75, 3.05) is 5.32 Å². The lowest BCUT2D eigenvalue weighted by Crippen LogP contribution is -2.13. The van der Waals surface area contributed by atoms with Gasteiger partial charge in [-0.15, -0.1) is 11.3 Å². The first kappa shape index (κ1) is 12.7. The second-order valence-corrected chi connectivity index (χ2v) is 5.02. The molecule has 0 fully saturated rings. The number of halogens is 2. The molecule has 4 nitrogen and oxygen atoms in total. The van der Waals surface area contributed by atoms with Crippen LogP contribution in [0, 0.1) is 11.6 Å². The van der Waals surface area contributed by atoms with Crippen LogP contribution in [0.4, 0.5) is 14.5 Å². The monoisotopic (exact) mass is 293 g/mol. The van der Waals surface area contributed by atoms with E-state index in [0.29, 0.717) is 16.0 Å². The number of thiophene rings is 1. The molecule has 2 N–H and O–H groups in total. The van der Waals surface area contributed by atoms with Gasteiger partial charge in [0.05, 0.1) is 17.7 Å². The van der Waals surface area contributed by atoms with Gasteiger partial charge in [-0.1, -0.05) is 6.07 Å². The summed E-state index contributed by atoms with van der Waals surface area (Å²) in [6.45, 7) is 0.0986. The molecule has 0 saturated heterocycles. The third kappa shape index (κ3) is 2.27. The van der Waals surface area contributed by atoms with Gasteiger partial charge in [-0.25, -0.2) is 13.8 Å². The Kier molecular flexibility index (Phi) is 3.19. The van der Waals surface area contributed by atoms with Crippen LogP contribution in [0.5, 0.6) is 0 Å². The lowest BCUT2D eigenvalue weighted by molar-refractivity contribution is 0.511. The molecule has 0 bridgehead atoms. The summed E-state index contributed by atoms with van der Waals surface area (Å²) >= 11 is 1.31. The van der Waals surface area contributed by atoms with Crippen LogP contribution in [0.1, 0.15) is 5.82 Å². The van der Waals surface area contributed by atoms with E-state index in [-0.39, 0.29) is 17.8 Å². The van der Waals surface area contributed by atoms with E-state index in [1.165, 1.54) is 23.5 Å². The van der Waals surface area contributed by atoms with Crippen molar-refractivity contribution in [3.63, 3.8) is 0 Å². The zero-order valence-corrected chi connectivity index (χ0v) is 10.9. The molecule has 0 aliphatic heterocycles. The first-order valence-corrected chi connectivity index (χ1v) is 6.67. The molecule has 1 aromatic carbocycles. The largest absolute Gasteiger partial charge is 0.375 e. The number of nitrogens with zero attached hydrogens (tertiary/aromatic N) is 1. The molecular formula is C13H9F2N3OS. The van der Waals surface area contributed by atoms with Gasteiger partial charge < -0.3 is 10.3 Å². The normalized spacial score (nSPS) is 10.9. The summed E-state index contributed by atoms with van der Waals surface area (Å²) in [5.41, 5.74) is 0.384. The summed E-state index contributed by atoms with van der Waals surface area (Å²) < 4.78 is 27.1. The summed E-state index contributed by atoms with van der Waals surface area (Å²) in [4.78, 5) is 18.6. The van der Waals surface area contributed by atoms with Gasteiger partial charge in [0.25, 0.3) is 5.56 Å². The van der Waals surface area contributed by atoms with Crippen LogP contribution in [-0.2, 0) is 6.54 Å². The van der Waals surface area contributed by atoms with Gasteiger partial charge in [0, 0.05) is 0 Å². The van der Waals surface area contributed by atoms with Gasteiger partial charge in [-0.2, -0.15) is 0 Å². The first-order valence-electron chi connectivity index (χ1n) is 5.79. The number of aromatic nitrogens is 2. The maximum Gasteiger partial charge on any atom is 0.268 e. The minimum atomic E-state index is -0.952. The fourth-order valence-electron chi connectivity index (χ4n) is 1.82. The van der Waals surface area contributed by atoms with Crippen LogP contribution in [0.25, 0.3) is 10.2 Å². The topological polar surface area (TPSA) is 57.8 Å². The Labute approximate surface area is 116 Å². The van der Waals surface area contributed by atoms with Crippen LogP contribution < -0.4 is 10.9 Å². The van der Waals surface area contributed by atoms with Crippen molar-refractivity contribution in [1.82, 2.24) is 9.97 Å². The molecule has 3 aromatic rings. The maximum absolute atomic E-state index is 13.5. The van der Waals surface area contributed by atoms with Crippen LogP contribution >= 0.6 is 11.3 Å². The van der Waals surface area contributed by atoms with Crippen molar-refractivity contribution in [2.24, 2.45) is 0 Å². The van der Waals surface area contributed by atoms with Crippen molar-refractivity contribution >= 4 is 27.2 Å². The fraction of sp³-hybridized carbons (Fsp3) is 0.0769. The molecule has 20 heavy (non-hydrogen) atoms. The third-order valence-electron chi connectivity index (χ3n) is 2.76. The summed E-state index contributed by atoms with van der Waals surface area (Å²) in [7, 11) is 0. The number of fused-ring (bicyclic) bond motifs is 1. The van der Waals surface area contributed by atoms with E-state index in [4.69, 9.17) is 0 Å². The number of nitrogens with one attached hydrogen (secondary N) is 2. The molecule has 0 radical (unpaired) electrons. The molecular weight excluding hydrogens is 284 g/mol. The number of aromatic amines is 1. The minimum absolute atomic E-state index is 0.0260. The highest BCUT2D eigenvalue weighted by Gasteiger charge is 2.09. The Bertz CT molecular complexity index is 828. The van der Waals surface area contributed by atoms with E-state index in [9.17, 15) is 13.6 Å². The summed E-state index contributed by atoms with van der Waals surface area (Å²) in [6, 6.07) is 5.60. The highest BCUT2D eigenvalue weighted by molar-refractivity contribution is 7.17. The van der Waals surface area contributed by atoms with Crippen LogP contribution in [0.2, 0.25) is 0 Å². The number of hydrogen-bond acceptors (Lipinski definition) is 4. The van der Waals surface area contributed by atoms with E-state index >= 15 is 0 Å². The van der Waals surface area contributed by atoms with Crippen molar-refractivity contribution in [1.29, 1.82) is 0 Å². The van der Waals surface area contributed by atoms with E-state index < -0.39 is 11.6 Å². The molecule has 2 aromatic heterocycles. The second kappa shape index (κ2) is 5.01.